The van der Waals surface area contributed by atoms with Crippen molar-refractivity contribution < 1.29 is 4.74 Å². The Kier molecular flexibility index (Phi) is 4.09. The summed E-state index contributed by atoms with van der Waals surface area (Å²) in [7, 11) is 3.69. The number of methoxy groups -OCH3 is 1. The van der Waals surface area contributed by atoms with Crippen molar-refractivity contribution in [1.29, 1.82) is 0 Å². The third-order valence-corrected chi connectivity index (χ3v) is 3.48. The normalized spacial score (nSPS) is 10.4. The van der Waals surface area contributed by atoms with E-state index in [9.17, 15) is 0 Å². The molecule has 1 aromatic heterocycles. The summed E-state index contributed by atoms with van der Waals surface area (Å²) in [6, 6.07) is 6.23. The molecule has 0 N–H and O–H groups in total. The van der Waals surface area contributed by atoms with Crippen LogP contribution >= 0.6 is 11.5 Å². The Morgan fingerprint density at radius 2 is 2.22 bits per heavy atom. The maximum absolute atomic E-state index is 5.37. The summed E-state index contributed by atoms with van der Waals surface area (Å²) in [4.78, 5) is 2.05. The molecule has 0 aliphatic heterocycles. The fraction of sp³-hybridized carbons (Fsp3) is 0.417. The van der Waals surface area contributed by atoms with Crippen LogP contribution in [-0.2, 0) is 6.42 Å². The first-order valence-electron chi connectivity index (χ1n) is 5.70. The molecule has 96 valence electrons. The number of hydrogen-bond acceptors (Lipinski definition) is 6. The van der Waals surface area contributed by atoms with E-state index < -0.39 is 0 Å². The highest BCUT2D eigenvalue weighted by Gasteiger charge is 2.08. The van der Waals surface area contributed by atoms with E-state index in [2.05, 4.69) is 33.9 Å². The van der Waals surface area contributed by atoms with E-state index >= 15 is 0 Å². The smallest absolute Gasteiger partial charge is 0.227 e. The molecule has 0 saturated carbocycles. The summed E-state index contributed by atoms with van der Waals surface area (Å²) >= 11 is 1.30. The SMILES string of the molecule is COc1ccc(C)cc1CCN(C)c1nnns1. The first kappa shape index (κ1) is 12.8. The van der Waals surface area contributed by atoms with Crippen molar-refractivity contribution >= 4 is 16.7 Å². The number of hydrogen-bond donors (Lipinski definition) is 0. The van der Waals surface area contributed by atoms with Crippen molar-refractivity contribution in [3.8, 4) is 5.75 Å². The minimum absolute atomic E-state index is 0.835. The first-order valence-corrected chi connectivity index (χ1v) is 6.47. The van der Waals surface area contributed by atoms with Crippen molar-refractivity contribution in [3.63, 3.8) is 0 Å². The van der Waals surface area contributed by atoms with E-state index in [1.165, 1.54) is 22.7 Å². The maximum Gasteiger partial charge on any atom is 0.227 e. The lowest BCUT2D eigenvalue weighted by Crippen LogP contribution is -2.20. The average Bonchev–Trinajstić information content (AvgIpc) is 2.90. The predicted molar refractivity (Wildman–Crippen MR) is 72.4 cm³/mol. The van der Waals surface area contributed by atoms with Crippen molar-refractivity contribution in [2.75, 3.05) is 25.6 Å². The highest BCUT2D eigenvalue weighted by Crippen LogP contribution is 2.21. The Bertz CT molecular complexity index is 501. The number of aryl methyl sites for hydroxylation is 1. The Morgan fingerprint density at radius 3 is 2.89 bits per heavy atom. The average molecular weight is 264 g/mol. The zero-order valence-corrected chi connectivity index (χ0v) is 11.6. The van der Waals surface area contributed by atoms with E-state index in [0.717, 1.165) is 23.8 Å². The Labute approximate surface area is 111 Å². The molecule has 18 heavy (non-hydrogen) atoms. The van der Waals surface area contributed by atoms with Crippen LogP contribution in [0.25, 0.3) is 0 Å². The molecule has 1 heterocycles. The molecule has 0 amide bonds. The number of anilines is 1. The first-order chi connectivity index (χ1) is 8.70. The van der Waals surface area contributed by atoms with Crippen LogP contribution < -0.4 is 9.64 Å². The van der Waals surface area contributed by atoms with Crippen LogP contribution in [0.1, 0.15) is 11.1 Å². The van der Waals surface area contributed by atoms with Crippen molar-refractivity contribution in [2.24, 2.45) is 0 Å². The Balaban J connectivity index is 2.03. The van der Waals surface area contributed by atoms with Gasteiger partial charge in [-0.15, -0.1) is 0 Å². The van der Waals surface area contributed by atoms with Gasteiger partial charge in [-0.1, -0.05) is 27.3 Å². The second kappa shape index (κ2) is 5.77. The Morgan fingerprint density at radius 1 is 1.39 bits per heavy atom. The third kappa shape index (κ3) is 2.95. The van der Waals surface area contributed by atoms with Crippen LogP contribution in [0, 0.1) is 6.92 Å². The molecule has 0 aliphatic rings. The van der Waals surface area contributed by atoms with Gasteiger partial charge < -0.3 is 9.64 Å². The monoisotopic (exact) mass is 264 g/mol. The third-order valence-electron chi connectivity index (χ3n) is 2.77. The summed E-state index contributed by atoms with van der Waals surface area (Å²) in [5.74, 6) is 0.935. The summed E-state index contributed by atoms with van der Waals surface area (Å²) in [6.45, 7) is 2.94. The largest absolute Gasteiger partial charge is 0.496 e. The fourth-order valence-electron chi connectivity index (χ4n) is 1.76. The van der Waals surface area contributed by atoms with Crippen molar-refractivity contribution in [1.82, 2.24) is 14.8 Å². The van der Waals surface area contributed by atoms with Crippen LogP contribution in [0.4, 0.5) is 5.13 Å². The molecule has 1 aromatic carbocycles. The van der Waals surface area contributed by atoms with Gasteiger partial charge in [0.2, 0.25) is 5.13 Å². The standard InChI is InChI=1S/C12H16N4OS/c1-9-4-5-11(17-3)10(8-9)6-7-16(2)12-13-14-15-18-12/h4-5,8H,6-7H2,1-3H3. The number of aromatic nitrogens is 3. The molecular formula is C12H16N4OS. The van der Waals surface area contributed by atoms with Crippen LogP contribution in [0.15, 0.2) is 18.2 Å². The second-order valence-electron chi connectivity index (χ2n) is 4.13. The number of ether oxygens (including phenoxy) is 1. The highest BCUT2D eigenvalue weighted by molar-refractivity contribution is 7.09. The van der Waals surface area contributed by atoms with E-state index in [0.29, 0.717) is 0 Å². The highest BCUT2D eigenvalue weighted by atomic mass is 32.1. The lowest BCUT2D eigenvalue weighted by molar-refractivity contribution is 0.409. The number of benzene rings is 1. The minimum atomic E-state index is 0.835. The van der Waals surface area contributed by atoms with Gasteiger partial charge in [0.05, 0.1) is 7.11 Å². The number of likely N-dealkylation sites (N-methyl/N-ethyl adjacent to an activating group) is 1. The molecule has 5 nitrogen and oxygen atoms in total. The summed E-state index contributed by atoms with van der Waals surface area (Å²) in [5, 5.41) is 8.37. The lowest BCUT2D eigenvalue weighted by Gasteiger charge is -2.16. The second-order valence-corrected chi connectivity index (χ2v) is 4.84. The molecule has 2 rings (SSSR count). The molecular weight excluding hydrogens is 248 g/mol. The molecule has 0 spiro atoms. The summed E-state index contributed by atoms with van der Waals surface area (Å²) < 4.78 is 9.13. The molecule has 2 aromatic rings. The van der Waals surface area contributed by atoms with Gasteiger partial charge in [0, 0.05) is 25.1 Å². The quantitative estimate of drug-likeness (QED) is 0.826. The van der Waals surface area contributed by atoms with Gasteiger partial charge in [0.15, 0.2) is 0 Å². The van der Waals surface area contributed by atoms with Crippen molar-refractivity contribution in [3.05, 3.63) is 29.3 Å². The van der Waals surface area contributed by atoms with Crippen LogP contribution in [0.3, 0.4) is 0 Å². The Hall–Kier alpha value is -1.69. The van der Waals surface area contributed by atoms with Gasteiger partial charge >= 0.3 is 0 Å². The maximum atomic E-state index is 5.37. The van der Waals surface area contributed by atoms with E-state index in [-0.39, 0.29) is 0 Å². The zero-order valence-electron chi connectivity index (χ0n) is 10.8. The number of nitrogens with zero attached hydrogens (tertiary/aromatic N) is 4. The van der Waals surface area contributed by atoms with Gasteiger partial charge in [-0.2, -0.15) is 0 Å². The molecule has 0 saturated heterocycles. The van der Waals surface area contributed by atoms with Crippen LogP contribution in [0.5, 0.6) is 5.75 Å². The van der Waals surface area contributed by atoms with Crippen molar-refractivity contribution in [2.45, 2.75) is 13.3 Å². The van der Waals surface area contributed by atoms with E-state index in [4.69, 9.17) is 4.74 Å². The molecule has 0 atom stereocenters. The molecule has 0 radical (unpaired) electrons. The molecule has 0 bridgehead atoms. The fourth-order valence-corrected chi connectivity index (χ4v) is 2.21. The molecule has 0 unspecified atom stereocenters. The minimum Gasteiger partial charge on any atom is -0.496 e. The van der Waals surface area contributed by atoms with E-state index in [1.54, 1.807) is 7.11 Å². The number of rotatable bonds is 5. The molecule has 0 fully saturated rings. The predicted octanol–water partition coefficient (Wildman–Crippen LogP) is 1.93. The summed E-state index contributed by atoms with van der Waals surface area (Å²) in [5.41, 5.74) is 2.45. The van der Waals surface area contributed by atoms with Crippen LogP contribution in [-0.4, -0.2) is 35.5 Å². The zero-order chi connectivity index (χ0) is 13.0. The topological polar surface area (TPSA) is 51.1 Å². The molecule has 0 aliphatic carbocycles. The lowest BCUT2D eigenvalue weighted by atomic mass is 10.1. The molecule has 6 heteroatoms. The van der Waals surface area contributed by atoms with E-state index in [1.807, 2.05) is 18.0 Å². The van der Waals surface area contributed by atoms with Gasteiger partial charge in [-0.25, -0.2) is 0 Å². The van der Waals surface area contributed by atoms with Gasteiger partial charge in [0.25, 0.3) is 0 Å². The van der Waals surface area contributed by atoms with Crippen LogP contribution in [0.2, 0.25) is 0 Å². The summed E-state index contributed by atoms with van der Waals surface area (Å²) in [6.07, 6.45) is 0.904. The van der Waals surface area contributed by atoms with Gasteiger partial charge in [-0.3, -0.25) is 0 Å². The van der Waals surface area contributed by atoms with Gasteiger partial charge in [-0.05, 0) is 30.2 Å². The van der Waals surface area contributed by atoms with Gasteiger partial charge in [0.1, 0.15) is 5.75 Å².